The summed E-state index contributed by atoms with van der Waals surface area (Å²) in [5.41, 5.74) is 2.23. The maximum absolute atomic E-state index is 13.0. The Balaban J connectivity index is 0.000000193. The minimum Gasteiger partial charge on any atom is -0.477 e. The van der Waals surface area contributed by atoms with Gasteiger partial charge in [0.25, 0.3) is 0 Å². The zero-order chi connectivity index (χ0) is 27.9. The number of carboxylic acid groups (broad SMARTS) is 2. The Morgan fingerprint density at radius 1 is 0.692 bits per heavy atom. The summed E-state index contributed by atoms with van der Waals surface area (Å²) in [6.07, 6.45) is 3.29. The number of aromatic nitrogens is 2. The molecular formula is C29H20F2N2O6. The van der Waals surface area contributed by atoms with Gasteiger partial charge in [0.05, 0.1) is 0 Å². The van der Waals surface area contributed by atoms with Crippen LogP contribution in [-0.4, -0.2) is 32.5 Å². The summed E-state index contributed by atoms with van der Waals surface area (Å²) in [5, 5.41) is 25.9. The van der Waals surface area contributed by atoms with Crippen molar-refractivity contribution in [1.82, 2.24) is 10.3 Å². The van der Waals surface area contributed by atoms with Crippen molar-refractivity contribution < 1.29 is 37.6 Å². The fourth-order valence-electron chi connectivity index (χ4n) is 3.59. The van der Waals surface area contributed by atoms with Crippen molar-refractivity contribution in [1.29, 1.82) is 0 Å². The van der Waals surface area contributed by atoms with E-state index < -0.39 is 17.8 Å². The third kappa shape index (κ3) is 6.31. The van der Waals surface area contributed by atoms with Gasteiger partial charge in [0.1, 0.15) is 39.9 Å². The lowest BCUT2D eigenvalue weighted by atomic mass is 10.1. The number of rotatable bonds is 6. The van der Waals surface area contributed by atoms with Gasteiger partial charge in [-0.3, -0.25) is 0 Å². The van der Waals surface area contributed by atoms with Crippen molar-refractivity contribution in [2.45, 2.75) is 6.92 Å². The molecule has 3 aromatic carbocycles. The van der Waals surface area contributed by atoms with E-state index in [1.807, 2.05) is 30.3 Å². The third-order valence-electron chi connectivity index (χ3n) is 5.47. The van der Waals surface area contributed by atoms with Gasteiger partial charge in [-0.15, -0.1) is 0 Å². The Morgan fingerprint density at radius 3 is 1.69 bits per heavy atom. The molecule has 5 rings (SSSR count). The first-order valence-electron chi connectivity index (χ1n) is 11.4. The summed E-state index contributed by atoms with van der Waals surface area (Å²) >= 11 is 0. The number of carbonyl (C=O) groups is 2. The molecule has 5 aromatic rings. The summed E-state index contributed by atoms with van der Waals surface area (Å²) < 4.78 is 35.7. The number of aromatic carboxylic acids is 2. The maximum Gasteiger partial charge on any atom is 0.341 e. The molecule has 8 nitrogen and oxygen atoms in total. The molecule has 39 heavy (non-hydrogen) atoms. The van der Waals surface area contributed by atoms with E-state index in [-0.39, 0.29) is 39.9 Å². The lowest BCUT2D eigenvalue weighted by Gasteiger charge is -1.98. The molecule has 0 saturated carbocycles. The maximum atomic E-state index is 13.0. The van der Waals surface area contributed by atoms with Crippen LogP contribution in [0, 0.1) is 18.6 Å². The Labute approximate surface area is 220 Å². The molecule has 0 saturated heterocycles. The highest BCUT2D eigenvalue weighted by atomic mass is 19.1. The first-order valence-corrected chi connectivity index (χ1v) is 11.4. The SMILES string of the molecule is Cc1onc(-c2ccc(F)cc2)c1C(=O)O.O=C(O)c1c(-c2ccc(F)cc2)noc1/C=C/c1ccccc1. The Hall–Kier alpha value is -5.38. The van der Waals surface area contributed by atoms with E-state index in [9.17, 15) is 23.5 Å². The third-order valence-corrected chi connectivity index (χ3v) is 5.47. The van der Waals surface area contributed by atoms with E-state index in [0.29, 0.717) is 11.1 Å². The van der Waals surface area contributed by atoms with Crippen LogP contribution < -0.4 is 0 Å². The fraction of sp³-hybridized carbons (Fsp3) is 0.0345. The minimum absolute atomic E-state index is 0.00612. The highest BCUT2D eigenvalue weighted by Crippen LogP contribution is 2.27. The van der Waals surface area contributed by atoms with Crippen molar-refractivity contribution in [2.75, 3.05) is 0 Å². The topological polar surface area (TPSA) is 127 Å². The number of hydrogen-bond donors (Lipinski definition) is 2. The number of carboxylic acids is 2. The molecule has 0 bridgehead atoms. The van der Waals surface area contributed by atoms with E-state index >= 15 is 0 Å². The molecule has 0 atom stereocenters. The molecule has 2 aromatic heterocycles. The van der Waals surface area contributed by atoms with Crippen LogP contribution in [0.2, 0.25) is 0 Å². The first kappa shape index (κ1) is 26.7. The molecule has 0 unspecified atom stereocenters. The van der Waals surface area contributed by atoms with E-state index in [1.54, 1.807) is 12.2 Å². The second kappa shape index (κ2) is 11.8. The van der Waals surface area contributed by atoms with Gasteiger partial charge in [-0.2, -0.15) is 0 Å². The zero-order valence-corrected chi connectivity index (χ0v) is 20.3. The van der Waals surface area contributed by atoms with E-state index in [0.717, 1.165) is 5.56 Å². The normalized spacial score (nSPS) is 10.7. The van der Waals surface area contributed by atoms with Gasteiger partial charge in [0, 0.05) is 11.1 Å². The standard InChI is InChI=1S/C18H12FNO3.C11H8FNO3/c19-14-9-7-13(8-10-14)17-16(18(21)22)15(23-20-17)11-6-12-4-2-1-3-5-12;1-6-9(11(14)15)10(13-16-6)7-2-4-8(12)5-3-7/h1-11H,(H,21,22);2-5H,1H3,(H,14,15)/b11-6+;. The summed E-state index contributed by atoms with van der Waals surface area (Å²) in [4.78, 5) is 22.5. The second-order valence-electron chi connectivity index (χ2n) is 8.10. The molecule has 0 radical (unpaired) electrons. The number of aryl methyl sites for hydroxylation is 1. The first-order chi connectivity index (χ1) is 18.7. The van der Waals surface area contributed by atoms with E-state index in [1.165, 1.54) is 55.5 Å². The Bertz CT molecular complexity index is 1620. The summed E-state index contributed by atoms with van der Waals surface area (Å²) in [5.74, 6) is -2.69. The molecule has 0 amide bonds. The monoisotopic (exact) mass is 530 g/mol. The highest BCUT2D eigenvalue weighted by Gasteiger charge is 2.22. The van der Waals surface area contributed by atoms with Crippen LogP contribution in [0.5, 0.6) is 0 Å². The predicted molar refractivity (Wildman–Crippen MR) is 138 cm³/mol. The largest absolute Gasteiger partial charge is 0.477 e. The van der Waals surface area contributed by atoms with Crippen molar-refractivity contribution in [2.24, 2.45) is 0 Å². The molecule has 2 heterocycles. The lowest BCUT2D eigenvalue weighted by molar-refractivity contribution is 0.0685. The summed E-state index contributed by atoms with van der Waals surface area (Å²) in [6, 6.07) is 20.2. The molecule has 0 aliphatic heterocycles. The number of hydrogen-bond acceptors (Lipinski definition) is 6. The Kier molecular flexibility index (Phi) is 8.06. The number of benzene rings is 3. The molecule has 0 spiro atoms. The molecule has 0 fully saturated rings. The van der Waals surface area contributed by atoms with Crippen LogP contribution in [0.4, 0.5) is 8.78 Å². The van der Waals surface area contributed by atoms with Crippen LogP contribution in [0.1, 0.15) is 37.8 Å². The fourth-order valence-corrected chi connectivity index (χ4v) is 3.59. The molecular weight excluding hydrogens is 510 g/mol. The van der Waals surface area contributed by atoms with Gasteiger partial charge < -0.3 is 19.3 Å². The van der Waals surface area contributed by atoms with Crippen molar-refractivity contribution >= 4 is 24.1 Å². The summed E-state index contributed by atoms with van der Waals surface area (Å²) in [7, 11) is 0. The average molecular weight is 530 g/mol. The number of halogens is 2. The minimum atomic E-state index is -1.15. The van der Waals surface area contributed by atoms with Gasteiger partial charge in [-0.05, 0) is 67.1 Å². The van der Waals surface area contributed by atoms with Crippen LogP contribution in [0.25, 0.3) is 34.7 Å². The van der Waals surface area contributed by atoms with E-state index in [4.69, 9.17) is 14.2 Å². The van der Waals surface area contributed by atoms with Gasteiger partial charge in [-0.25, -0.2) is 18.4 Å². The Morgan fingerprint density at radius 2 is 1.18 bits per heavy atom. The molecule has 2 N–H and O–H groups in total. The smallest absolute Gasteiger partial charge is 0.341 e. The van der Waals surface area contributed by atoms with Crippen LogP contribution in [0.15, 0.2) is 87.9 Å². The molecule has 196 valence electrons. The number of nitrogens with zero attached hydrogens (tertiary/aromatic N) is 2. The van der Waals surface area contributed by atoms with Crippen molar-refractivity contribution in [3.63, 3.8) is 0 Å². The molecule has 0 aliphatic rings. The quantitative estimate of drug-likeness (QED) is 0.244. The van der Waals surface area contributed by atoms with Crippen molar-refractivity contribution in [3.8, 4) is 22.5 Å². The highest BCUT2D eigenvalue weighted by molar-refractivity contribution is 5.98. The van der Waals surface area contributed by atoms with E-state index in [2.05, 4.69) is 10.3 Å². The zero-order valence-electron chi connectivity index (χ0n) is 20.3. The van der Waals surface area contributed by atoms with Gasteiger partial charge in [0.2, 0.25) is 0 Å². The predicted octanol–water partition coefficient (Wildman–Crippen LogP) is 6.84. The van der Waals surface area contributed by atoms with Crippen LogP contribution in [0.3, 0.4) is 0 Å². The molecule has 10 heteroatoms. The van der Waals surface area contributed by atoms with Gasteiger partial charge >= 0.3 is 11.9 Å². The van der Waals surface area contributed by atoms with Crippen LogP contribution in [-0.2, 0) is 0 Å². The molecule has 0 aliphatic carbocycles. The van der Waals surface area contributed by atoms with Gasteiger partial charge in [0.15, 0.2) is 5.76 Å². The summed E-state index contributed by atoms with van der Waals surface area (Å²) in [6.45, 7) is 1.52. The van der Waals surface area contributed by atoms with Crippen LogP contribution >= 0.6 is 0 Å². The lowest BCUT2D eigenvalue weighted by Crippen LogP contribution is -1.99. The second-order valence-corrected chi connectivity index (χ2v) is 8.10. The van der Waals surface area contributed by atoms with Crippen molar-refractivity contribution in [3.05, 3.63) is 119 Å². The van der Waals surface area contributed by atoms with Gasteiger partial charge in [-0.1, -0.05) is 46.7 Å². The average Bonchev–Trinajstić information content (AvgIpc) is 3.53.